The van der Waals surface area contributed by atoms with Crippen LogP contribution in [-0.4, -0.2) is 23.5 Å². The maximum Gasteiger partial charge on any atom is 0.335 e. The number of hydrogen-bond donors (Lipinski definition) is 2. The van der Waals surface area contributed by atoms with Crippen LogP contribution in [-0.2, 0) is 11.2 Å². The number of aryl methyl sites for hydroxylation is 1. The van der Waals surface area contributed by atoms with Gasteiger partial charge >= 0.3 is 5.97 Å². The molecule has 0 radical (unpaired) electrons. The number of carbonyl (C=O) groups excluding carboxylic acids is 1. The number of carboxylic acid groups (broad SMARTS) is 1. The van der Waals surface area contributed by atoms with Crippen LogP contribution in [0.5, 0.6) is 0 Å². The molecule has 0 bridgehead atoms. The normalized spacial score (nSPS) is 11.7. The molecule has 0 saturated heterocycles. The van der Waals surface area contributed by atoms with Crippen LogP contribution >= 0.6 is 0 Å². The van der Waals surface area contributed by atoms with Gasteiger partial charge in [0.25, 0.3) is 0 Å². The van der Waals surface area contributed by atoms with Gasteiger partial charge in [-0.2, -0.15) is 0 Å². The molecule has 0 aliphatic rings. The van der Waals surface area contributed by atoms with Crippen LogP contribution in [0.15, 0.2) is 54.6 Å². The summed E-state index contributed by atoms with van der Waals surface area (Å²) in [4.78, 5) is 23.3. The van der Waals surface area contributed by atoms with E-state index in [1.165, 1.54) is 5.56 Å². The van der Waals surface area contributed by atoms with E-state index < -0.39 is 5.97 Å². The second-order valence-corrected chi connectivity index (χ2v) is 5.78. The fraction of sp³-hybridized carbons (Fsp3) is 0.300. The molecule has 0 aliphatic heterocycles. The molecular formula is C20H23NO3. The summed E-state index contributed by atoms with van der Waals surface area (Å²) in [5.41, 5.74) is 2.17. The third-order valence-electron chi connectivity index (χ3n) is 4.18. The molecule has 4 heteroatoms. The quantitative estimate of drug-likeness (QED) is 0.779. The predicted molar refractivity (Wildman–Crippen MR) is 94.2 cm³/mol. The van der Waals surface area contributed by atoms with Crippen LogP contribution in [0.2, 0.25) is 0 Å². The van der Waals surface area contributed by atoms with Gasteiger partial charge in [0, 0.05) is 18.9 Å². The summed E-state index contributed by atoms with van der Waals surface area (Å²) in [7, 11) is 0. The molecule has 4 nitrogen and oxygen atoms in total. The van der Waals surface area contributed by atoms with E-state index in [0.717, 1.165) is 6.42 Å². The summed E-state index contributed by atoms with van der Waals surface area (Å²) < 4.78 is 0. The smallest absolute Gasteiger partial charge is 0.335 e. The first kappa shape index (κ1) is 17.7. The molecule has 0 spiro atoms. The minimum absolute atomic E-state index is 0.0513. The molecule has 126 valence electrons. The van der Waals surface area contributed by atoms with E-state index in [2.05, 4.69) is 24.4 Å². The van der Waals surface area contributed by atoms with Crippen molar-refractivity contribution in [1.82, 2.24) is 5.32 Å². The number of carboxylic acids is 1. The Bertz CT molecular complexity index is 682. The molecule has 24 heavy (non-hydrogen) atoms. The van der Waals surface area contributed by atoms with E-state index in [-0.39, 0.29) is 17.9 Å². The average Bonchev–Trinajstić information content (AvgIpc) is 2.61. The SMILES string of the molecule is CCC(CNC(=O)CCc1ccccc1C(=O)O)c1ccccc1. The van der Waals surface area contributed by atoms with E-state index in [9.17, 15) is 9.59 Å². The lowest BCUT2D eigenvalue weighted by Crippen LogP contribution is -2.28. The van der Waals surface area contributed by atoms with E-state index in [0.29, 0.717) is 24.4 Å². The van der Waals surface area contributed by atoms with Crippen molar-refractivity contribution in [2.45, 2.75) is 32.1 Å². The van der Waals surface area contributed by atoms with Crippen molar-refractivity contribution in [2.24, 2.45) is 0 Å². The van der Waals surface area contributed by atoms with Gasteiger partial charge in [-0.25, -0.2) is 4.79 Å². The summed E-state index contributed by atoms with van der Waals surface area (Å²) in [6, 6.07) is 16.9. The fourth-order valence-corrected chi connectivity index (χ4v) is 2.74. The lowest BCUT2D eigenvalue weighted by Gasteiger charge is -2.16. The minimum atomic E-state index is -0.957. The molecule has 0 fully saturated rings. The van der Waals surface area contributed by atoms with Crippen molar-refractivity contribution < 1.29 is 14.7 Å². The highest BCUT2D eigenvalue weighted by Crippen LogP contribution is 2.18. The van der Waals surface area contributed by atoms with Gasteiger partial charge in [-0.15, -0.1) is 0 Å². The number of benzene rings is 2. The van der Waals surface area contributed by atoms with Gasteiger partial charge in [0.1, 0.15) is 0 Å². The third kappa shape index (κ3) is 4.95. The Morgan fingerprint density at radius 2 is 1.71 bits per heavy atom. The second kappa shape index (κ2) is 8.87. The Hall–Kier alpha value is -2.62. The van der Waals surface area contributed by atoms with Gasteiger partial charge < -0.3 is 10.4 Å². The standard InChI is InChI=1S/C20H23NO3/c1-2-15(16-8-4-3-5-9-16)14-21-19(22)13-12-17-10-6-7-11-18(17)20(23)24/h3-11,15H,2,12-14H2,1H3,(H,21,22)(H,23,24). The zero-order valence-electron chi connectivity index (χ0n) is 13.9. The molecule has 0 aromatic heterocycles. The first-order valence-corrected chi connectivity index (χ1v) is 8.24. The molecular weight excluding hydrogens is 302 g/mol. The van der Waals surface area contributed by atoms with Gasteiger partial charge in [-0.3, -0.25) is 4.79 Å². The molecule has 2 aromatic rings. The number of hydrogen-bond acceptors (Lipinski definition) is 2. The number of nitrogens with one attached hydrogen (secondary N) is 1. The van der Waals surface area contributed by atoms with Crippen LogP contribution in [0.4, 0.5) is 0 Å². The van der Waals surface area contributed by atoms with Crippen molar-refractivity contribution >= 4 is 11.9 Å². The van der Waals surface area contributed by atoms with Crippen LogP contribution in [0, 0.1) is 0 Å². The first-order chi connectivity index (χ1) is 11.6. The molecule has 0 heterocycles. The summed E-state index contributed by atoms with van der Waals surface area (Å²) in [6.45, 7) is 2.70. The van der Waals surface area contributed by atoms with E-state index in [1.807, 2.05) is 18.2 Å². The maximum atomic E-state index is 12.1. The van der Waals surface area contributed by atoms with Gasteiger partial charge in [-0.05, 0) is 30.0 Å². The van der Waals surface area contributed by atoms with Crippen LogP contribution in [0.1, 0.15) is 47.2 Å². The van der Waals surface area contributed by atoms with Crippen molar-refractivity contribution in [3.8, 4) is 0 Å². The van der Waals surface area contributed by atoms with Crippen molar-refractivity contribution in [3.05, 3.63) is 71.3 Å². The van der Waals surface area contributed by atoms with Crippen molar-refractivity contribution in [2.75, 3.05) is 6.54 Å². The predicted octanol–water partition coefficient (Wildman–Crippen LogP) is 3.63. The topological polar surface area (TPSA) is 66.4 Å². The maximum absolute atomic E-state index is 12.1. The summed E-state index contributed by atoms with van der Waals surface area (Å²) >= 11 is 0. The van der Waals surface area contributed by atoms with Crippen molar-refractivity contribution in [3.63, 3.8) is 0 Å². The molecule has 1 amide bonds. The Kier molecular flexibility index (Phi) is 6.55. The van der Waals surface area contributed by atoms with Crippen molar-refractivity contribution in [1.29, 1.82) is 0 Å². The number of rotatable bonds is 8. The van der Waals surface area contributed by atoms with Gasteiger partial charge in [0.2, 0.25) is 5.91 Å². The first-order valence-electron chi connectivity index (χ1n) is 8.24. The lowest BCUT2D eigenvalue weighted by atomic mass is 9.96. The summed E-state index contributed by atoms with van der Waals surface area (Å²) in [5, 5.41) is 12.1. The van der Waals surface area contributed by atoms with Crippen LogP contribution < -0.4 is 5.32 Å². The van der Waals surface area contributed by atoms with Crippen LogP contribution in [0.25, 0.3) is 0 Å². The zero-order valence-corrected chi connectivity index (χ0v) is 13.9. The number of amides is 1. The highest BCUT2D eigenvalue weighted by molar-refractivity contribution is 5.89. The third-order valence-corrected chi connectivity index (χ3v) is 4.18. The van der Waals surface area contributed by atoms with E-state index in [1.54, 1.807) is 24.3 Å². The monoisotopic (exact) mass is 325 g/mol. The van der Waals surface area contributed by atoms with Crippen LogP contribution in [0.3, 0.4) is 0 Å². The van der Waals surface area contributed by atoms with E-state index >= 15 is 0 Å². The van der Waals surface area contributed by atoms with Gasteiger partial charge in [0.15, 0.2) is 0 Å². The Balaban J connectivity index is 1.87. The Morgan fingerprint density at radius 1 is 1.04 bits per heavy atom. The Morgan fingerprint density at radius 3 is 2.38 bits per heavy atom. The molecule has 0 saturated carbocycles. The molecule has 2 rings (SSSR count). The molecule has 2 aromatic carbocycles. The zero-order chi connectivity index (χ0) is 17.4. The fourth-order valence-electron chi connectivity index (χ4n) is 2.74. The molecule has 0 aliphatic carbocycles. The summed E-state index contributed by atoms with van der Waals surface area (Å²) in [6.07, 6.45) is 1.66. The molecule has 2 N–H and O–H groups in total. The van der Waals surface area contributed by atoms with Gasteiger partial charge in [-0.1, -0.05) is 55.5 Å². The number of aromatic carboxylic acids is 1. The van der Waals surface area contributed by atoms with Gasteiger partial charge in [0.05, 0.1) is 5.56 Å². The highest BCUT2D eigenvalue weighted by atomic mass is 16.4. The van der Waals surface area contributed by atoms with E-state index in [4.69, 9.17) is 5.11 Å². The second-order valence-electron chi connectivity index (χ2n) is 5.78. The molecule has 1 atom stereocenters. The Labute approximate surface area is 142 Å². The lowest BCUT2D eigenvalue weighted by molar-refractivity contribution is -0.121. The highest BCUT2D eigenvalue weighted by Gasteiger charge is 2.13. The summed E-state index contributed by atoms with van der Waals surface area (Å²) in [5.74, 6) is -0.716. The molecule has 1 unspecified atom stereocenters. The number of carbonyl (C=O) groups is 2. The minimum Gasteiger partial charge on any atom is -0.478 e. The largest absolute Gasteiger partial charge is 0.478 e. The average molecular weight is 325 g/mol.